The first-order valence-corrected chi connectivity index (χ1v) is 8.27. The highest BCUT2D eigenvalue weighted by molar-refractivity contribution is 7.71. The Bertz CT molecular complexity index is 879. The fraction of sp³-hybridized carbons (Fsp3) is 0.353. The normalized spacial score (nSPS) is 14.5. The molecule has 1 aromatic carbocycles. The monoisotopic (exact) mass is 329 g/mol. The molecule has 0 unspecified atom stereocenters. The number of allylic oxidation sites excluding steroid dienone is 1. The summed E-state index contributed by atoms with van der Waals surface area (Å²) in [4.78, 5) is 29.5. The highest BCUT2D eigenvalue weighted by Crippen LogP contribution is 2.19. The van der Waals surface area contributed by atoms with Crippen LogP contribution < -0.4 is 10.9 Å². The molecule has 2 aromatic rings. The van der Waals surface area contributed by atoms with Crippen molar-refractivity contribution in [1.29, 1.82) is 0 Å². The van der Waals surface area contributed by atoms with Gasteiger partial charge in [0.2, 0.25) is 0 Å². The van der Waals surface area contributed by atoms with E-state index in [0.29, 0.717) is 23.0 Å². The number of hydrogen-bond acceptors (Lipinski definition) is 3. The molecule has 1 aliphatic carbocycles. The number of benzene rings is 1. The van der Waals surface area contributed by atoms with Crippen LogP contribution in [0.15, 0.2) is 34.6 Å². The minimum atomic E-state index is -0.250. The second-order valence-electron chi connectivity index (χ2n) is 5.78. The summed E-state index contributed by atoms with van der Waals surface area (Å²) >= 11 is 4.96. The largest absolute Gasteiger partial charge is 0.352 e. The van der Waals surface area contributed by atoms with E-state index >= 15 is 0 Å². The molecule has 3 N–H and O–H groups in total. The molecule has 1 aliphatic rings. The molecule has 0 atom stereocenters. The zero-order valence-electron chi connectivity index (χ0n) is 12.8. The first-order chi connectivity index (χ1) is 11.1. The Morgan fingerprint density at radius 2 is 2.13 bits per heavy atom. The van der Waals surface area contributed by atoms with Gasteiger partial charge in [0.1, 0.15) is 0 Å². The smallest absolute Gasteiger partial charge is 0.259 e. The number of carbonyl (C=O) groups excluding carboxylic acids is 1. The van der Waals surface area contributed by atoms with Gasteiger partial charge in [-0.15, -0.1) is 0 Å². The first kappa shape index (κ1) is 15.7. The Morgan fingerprint density at radius 3 is 2.91 bits per heavy atom. The van der Waals surface area contributed by atoms with E-state index in [4.69, 9.17) is 12.2 Å². The van der Waals surface area contributed by atoms with Crippen molar-refractivity contribution in [2.75, 3.05) is 6.54 Å². The zero-order chi connectivity index (χ0) is 16.2. The van der Waals surface area contributed by atoms with Crippen molar-refractivity contribution in [2.45, 2.75) is 32.1 Å². The second-order valence-corrected chi connectivity index (χ2v) is 6.19. The van der Waals surface area contributed by atoms with Gasteiger partial charge in [-0.25, -0.2) is 0 Å². The number of hydrogen-bond donors (Lipinski definition) is 3. The van der Waals surface area contributed by atoms with Crippen molar-refractivity contribution >= 4 is 29.0 Å². The van der Waals surface area contributed by atoms with Crippen molar-refractivity contribution in [2.24, 2.45) is 0 Å². The van der Waals surface area contributed by atoms with Crippen LogP contribution in [0.25, 0.3) is 10.9 Å². The molecule has 0 bridgehead atoms. The van der Waals surface area contributed by atoms with E-state index in [0.717, 1.165) is 19.3 Å². The summed E-state index contributed by atoms with van der Waals surface area (Å²) in [7, 11) is 0. The topological polar surface area (TPSA) is 77.8 Å². The Hall–Kier alpha value is -2.21. The summed E-state index contributed by atoms with van der Waals surface area (Å²) in [5.41, 5.74) is 2.28. The molecule has 0 fully saturated rings. The maximum absolute atomic E-state index is 12.2. The average Bonchev–Trinajstić information content (AvgIpc) is 2.55. The Labute approximate surface area is 138 Å². The van der Waals surface area contributed by atoms with Crippen LogP contribution >= 0.6 is 12.2 Å². The van der Waals surface area contributed by atoms with E-state index in [1.54, 1.807) is 18.2 Å². The summed E-state index contributed by atoms with van der Waals surface area (Å²) < 4.78 is 0.254. The van der Waals surface area contributed by atoms with E-state index in [9.17, 15) is 9.59 Å². The van der Waals surface area contributed by atoms with Crippen LogP contribution in [0.1, 0.15) is 42.5 Å². The third-order valence-corrected chi connectivity index (χ3v) is 4.32. The fourth-order valence-corrected chi connectivity index (χ4v) is 3.08. The summed E-state index contributed by atoms with van der Waals surface area (Å²) in [5, 5.41) is 3.42. The molecule has 1 aromatic heterocycles. The number of aromatic amines is 2. The predicted molar refractivity (Wildman–Crippen MR) is 93.3 cm³/mol. The summed E-state index contributed by atoms with van der Waals surface area (Å²) in [5.74, 6) is -0.136. The number of aromatic nitrogens is 2. The van der Waals surface area contributed by atoms with Gasteiger partial charge in [-0.3, -0.25) is 14.6 Å². The molecule has 0 saturated carbocycles. The molecular weight excluding hydrogens is 310 g/mol. The van der Waals surface area contributed by atoms with Gasteiger partial charge in [0.25, 0.3) is 11.5 Å². The zero-order valence-corrected chi connectivity index (χ0v) is 13.6. The van der Waals surface area contributed by atoms with Gasteiger partial charge < -0.3 is 10.3 Å². The molecular formula is C17H19N3O2S. The van der Waals surface area contributed by atoms with Crippen molar-refractivity contribution in [3.63, 3.8) is 0 Å². The van der Waals surface area contributed by atoms with Gasteiger partial charge in [0.05, 0.1) is 10.9 Å². The van der Waals surface area contributed by atoms with Gasteiger partial charge in [0.15, 0.2) is 4.77 Å². The number of nitrogens with one attached hydrogen (secondary N) is 3. The Balaban J connectivity index is 1.69. The molecule has 5 nitrogen and oxygen atoms in total. The van der Waals surface area contributed by atoms with E-state index < -0.39 is 0 Å². The Kier molecular flexibility index (Phi) is 4.71. The highest BCUT2D eigenvalue weighted by atomic mass is 32.1. The summed E-state index contributed by atoms with van der Waals surface area (Å²) in [6.07, 6.45) is 8.01. The molecule has 0 saturated heterocycles. The molecule has 3 rings (SSSR count). The molecule has 120 valence electrons. The maximum atomic E-state index is 12.2. The van der Waals surface area contributed by atoms with Gasteiger partial charge in [-0.05, 0) is 62.5 Å². The maximum Gasteiger partial charge on any atom is 0.259 e. The van der Waals surface area contributed by atoms with E-state index in [-0.39, 0.29) is 16.2 Å². The fourth-order valence-electron chi connectivity index (χ4n) is 2.88. The van der Waals surface area contributed by atoms with Crippen LogP contribution in [0, 0.1) is 4.77 Å². The molecule has 1 amide bonds. The third-order valence-electron chi connectivity index (χ3n) is 4.12. The third kappa shape index (κ3) is 3.76. The van der Waals surface area contributed by atoms with E-state index in [1.807, 2.05) is 0 Å². The highest BCUT2D eigenvalue weighted by Gasteiger charge is 2.09. The SMILES string of the molecule is O=C(NCCC1=CCCCC1)c1ccc2c(=O)[nH]c(=S)[nH]c2c1. The summed E-state index contributed by atoms with van der Waals surface area (Å²) in [6.45, 7) is 0.633. The second kappa shape index (κ2) is 6.91. The number of rotatable bonds is 4. The number of amides is 1. The van der Waals surface area contributed by atoms with Crippen LogP contribution in [0.4, 0.5) is 0 Å². The molecule has 6 heteroatoms. The summed E-state index contributed by atoms with van der Waals surface area (Å²) in [6, 6.07) is 4.96. The van der Waals surface area contributed by atoms with Crippen molar-refractivity contribution in [1.82, 2.24) is 15.3 Å². The molecule has 0 aliphatic heterocycles. The van der Waals surface area contributed by atoms with E-state index in [1.165, 1.54) is 18.4 Å². The standard InChI is InChI=1S/C17H19N3O2S/c21-15(18-9-8-11-4-2-1-3-5-11)12-6-7-13-14(10-12)19-17(23)20-16(13)22/h4,6-7,10H,1-3,5,8-9H2,(H,18,21)(H2,19,20,22,23). The minimum absolute atomic E-state index is 0.136. The molecule has 23 heavy (non-hydrogen) atoms. The quantitative estimate of drug-likeness (QED) is 0.595. The van der Waals surface area contributed by atoms with Gasteiger partial charge >= 0.3 is 0 Å². The van der Waals surface area contributed by atoms with Gasteiger partial charge in [-0.1, -0.05) is 11.6 Å². The lowest BCUT2D eigenvalue weighted by Crippen LogP contribution is -2.25. The minimum Gasteiger partial charge on any atom is -0.352 e. The molecule has 0 spiro atoms. The lowest BCUT2D eigenvalue weighted by Gasteiger charge is -2.13. The van der Waals surface area contributed by atoms with Crippen LogP contribution in [0.2, 0.25) is 0 Å². The van der Waals surface area contributed by atoms with Crippen LogP contribution in [-0.2, 0) is 0 Å². The van der Waals surface area contributed by atoms with E-state index in [2.05, 4.69) is 21.4 Å². The Morgan fingerprint density at radius 1 is 1.26 bits per heavy atom. The lowest BCUT2D eigenvalue weighted by molar-refractivity contribution is 0.0954. The van der Waals surface area contributed by atoms with Crippen molar-refractivity contribution in [3.8, 4) is 0 Å². The average molecular weight is 329 g/mol. The lowest BCUT2D eigenvalue weighted by atomic mass is 9.97. The van der Waals surface area contributed by atoms with Crippen LogP contribution in [0.3, 0.4) is 0 Å². The first-order valence-electron chi connectivity index (χ1n) is 7.86. The van der Waals surface area contributed by atoms with Crippen LogP contribution in [-0.4, -0.2) is 22.4 Å². The molecule has 0 radical (unpaired) electrons. The predicted octanol–water partition coefficient (Wildman–Crippen LogP) is 3.21. The van der Waals surface area contributed by atoms with Crippen molar-refractivity contribution < 1.29 is 4.79 Å². The number of carbonyl (C=O) groups is 1. The number of H-pyrrole nitrogens is 2. The molecule has 1 heterocycles. The van der Waals surface area contributed by atoms with Crippen molar-refractivity contribution in [3.05, 3.63) is 50.5 Å². The van der Waals surface area contributed by atoms with Crippen LogP contribution in [0.5, 0.6) is 0 Å². The van der Waals surface area contributed by atoms with Gasteiger partial charge in [-0.2, -0.15) is 0 Å². The van der Waals surface area contributed by atoms with Gasteiger partial charge in [0, 0.05) is 12.1 Å². The number of fused-ring (bicyclic) bond motifs is 1.